The van der Waals surface area contributed by atoms with Crippen LogP contribution in [0.5, 0.6) is 0 Å². The highest BCUT2D eigenvalue weighted by Gasteiger charge is 2.20. The number of hydrogen-bond acceptors (Lipinski definition) is 7. The summed E-state index contributed by atoms with van der Waals surface area (Å²) in [6.45, 7) is 5.11. The minimum absolute atomic E-state index is 0.0153. The summed E-state index contributed by atoms with van der Waals surface area (Å²) >= 11 is 0. The number of unbranched alkanes of at least 4 members (excludes halogenated alkanes) is 12. The van der Waals surface area contributed by atoms with Gasteiger partial charge in [0.2, 0.25) is 0 Å². The molecule has 2 unspecified atom stereocenters. The molecule has 0 aliphatic carbocycles. The molecule has 328 valence electrons. The van der Waals surface area contributed by atoms with Crippen molar-refractivity contribution in [2.75, 3.05) is 54.1 Å². The Bertz CT molecular complexity index is 1180. The van der Waals surface area contributed by atoms with E-state index in [4.69, 9.17) is 18.5 Å². The number of carbonyl (C=O) groups is 1. The maximum Gasteiger partial charge on any atom is 0.306 e. The van der Waals surface area contributed by atoms with Crippen LogP contribution in [0.1, 0.15) is 155 Å². The standard InChI is InChI=1S/C48H84NO7P/c1-6-8-10-12-14-16-18-20-22-24-25-26-27-29-31-33-35-37-39-41-48(50)56-47(46-55-57(51,52)54-44-42-49(3,4)5)45-53-43-40-38-36-34-32-30-28-23-21-19-17-15-13-11-9-7-2/h8-11,14-17,20-23,25-26,47H,6-7,12-13,18-19,24,27-46H2,1-5H3/b10-8-,11-9-,16-14-,17-15-,22-20-,23-21-,26-25-. The lowest BCUT2D eigenvalue weighted by Crippen LogP contribution is -2.37. The highest BCUT2D eigenvalue weighted by Crippen LogP contribution is 2.38. The maximum atomic E-state index is 12.7. The molecule has 0 aromatic rings. The van der Waals surface area contributed by atoms with Crippen molar-refractivity contribution in [3.8, 4) is 0 Å². The Morgan fingerprint density at radius 1 is 0.544 bits per heavy atom. The number of hydrogen-bond donors (Lipinski definition) is 0. The molecule has 0 saturated heterocycles. The van der Waals surface area contributed by atoms with E-state index < -0.39 is 13.9 Å². The predicted molar refractivity (Wildman–Crippen MR) is 240 cm³/mol. The Morgan fingerprint density at radius 3 is 1.44 bits per heavy atom. The van der Waals surface area contributed by atoms with Gasteiger partial charge in [-0.05, 0) is 83.5 Å². The number of esters is 1. The zero-order valence-corrected chi connectivity index (χ0v) is 37.9. The third-order valence-corrected chi connectivity index (χ3v) is 9.91. The van der Waals surface area contributed by atoms with Gasteiger partial charge in [0.05, 0.1) is 34.4 Å². The summed E-state index contributed by atoms with van der Waals surface area (Å²) in [5.74, 6) is -0.357. The lowest BCUT2D eigenvalue weighted by Gasteiger charge is -2.28. The molecular weight excluding hydrogens is 734 g/mol. The highest BCUT2D eigenvalue weighted by atomic mass is 31.2. The number of carbonyl (C=O) groups excluding carboxylic acids is 1. The Hall–Kier alpha value is -2.32. The van der Waals surface area contributed by atoms with Gasteiger partial charge in [-0.25, -0.2) is 0 Å². The fraction of sp³-hybridized carbons (Fsp3) is 0.688. The minimum atomic E-state index is -4.54. The number of quaternary nitrogens is 1. The molecule has 0 aromatic heterocycles. The van der Waals surface area contributed by atoms with Crippen LogP contribution in [0.25, 0.3) is 0 Å². The Labute approximate surface area is 350 Å². The van der Waals surface area contributed by atoms with Crippen molar-refractivity contribution in [1.82, 2.24) is 0 Å². The van der Waals surface area contributed by atoms with Crippen molar-refractivity contribution in [3.63, 3.8) is 0 Å². The second kappa shape index (κ2) is 40.5. The second-order valence-electron chi connectivity index (χ2n) is 15.6. The van der Waals surface area contributed by atoms with Gasteiger partial charge >= 0.3 is 5.97 Å². The van der Waals surface area contributed by atoms with Gasteiger partial charge < -0.3 is 27.9 Å². The maximum absolute atomic E-state index is 12.7. The predicted octanol–water partition coefficient (Wildman–Crippen LogP) is 12.6. The molecular formula is C48H84NO7P. The normalized spacial score (nSPS) is 14.6. The molecule has 0 rings (SSSR count). The molecule has 0 saturated carbocycles. The molecule has 2 atom stereocenters. The second-order valence-corrected chi connectivity index (χ2v) is 17.1. The summed E-state index contributed by atoms with van der Waals surface area (Å²) < 4.78 is 34.6. The summed E-state index contributed by atoms with van der Waals surface area (Å²) in [4.78, 5) is 25.1. The number of likely N-dealkylation sites (N-methyl/N-ethyl adjacent to an activating group) is 1. The summed E-state index contributed by atoms with van der Waals surface area (Å²) in [7, 11) is 1.32. The van der Waals surface area contributed by atoms with E-state index >= 15 is 0 Å². The lowest BCUT2D eigenvalue weighted by molar-refractivity contribution is -0.870. The van der Waals surface area contributed by atoms with Crippen LogP contribution >= 0.6 is 7.82 Å². The van der Waals surface area contributed by atoms with Crippen molar-refractivity contribution in [1.29, 1.82) is 0 Å². The third kappa shape index (κ3) is 44.6. The van der Waals surface area contributed by atoms with Gasteiger partial charge in [-0.3, -0.25) is 9.36 Å². The summed E-state index contributed by atoms with van der Waals surface area (Å²) in [6.07, 6.45) is 53.1. The number of rotatable bonds is 40. The molecule has 0 bridgehead atoms. The van der Waals surface area contributed by atoms with E-state index in [9.17, 15) is 14.3 Å². The SMILES string of the molecule is CC/C=C\C/C=C\C/C=C\C/C=C\CCCCCCCCC(=O)OC(COCCCCCCCC/C=C\C/C=C\C/C=C\CC)COP(=O)([O-])OCC[N+](C)(C)C. The monoisotopic (exact) mass is 818 g/mol. The van der Waals surface area contributed by atoms with E-state index in [2.05, 4.69) is 98.9 Å². The largest absolute Gasteiger partial charge is 0.756 e. The molecule has 0 N–H and O–H groups in total. The van der Waals surface area contributed by atoms with Crippen molar-refractivity contribution >= 4 is 13.8 Å². The van der Waals surface area contributed by atoms with E-state index in [1.165, 1.54) is 32.1 Å². The first-order chi connectivity index (χ1) is 27.6. The first-order valence-electron chi connectivity index (χ1n) is 22.3. The number of nitrogens with zero attached hydrogens (tertiary/aromatic N) is 1. The lowest BCUT2D eigenvalue weighted by atomic mass is 10.1. The fourth-order valence-corrected chi connectivity index (χ4v) is 6.28. The quantitative estimate of drug-likeness (QED) is 0.0200. The van der Waals surface area contributed by atoms with Crippen LogP contribution in [-0.2, 0) is 27.9 Å². The molecule has 8 nitrogen and oxygen atoms in total. The van der Waals surface area contributed by atoms with Crippen molar-refractivity contribution in [2.24, 2.45) is 0 Å². The van der Waals surface area contributed by atoms with Crippen LogP contribution in [0.2, 0.25) is 0 Å². The third-order valence-electron chi connectivity index (χ3n) is 8.94. The molecule has 0 aliphatic heterocycles. The molecule has 0 aliphatic rings. The summed E-state index contributed by atoms with van der Waals surface area (Å²) in [5, 5.41) is 0. The summed E-state index contributed by atoms with van der Waals surface area (Å²) in [5.41, 5.74) is 0. The van der Waals surface area contributed by atoms with E-state index in [0.717, 1.165) is 103 Å². The molecule has 0 fully saturated rings. The van der Waals surface area contributed by atoms with Gasteiger partial charge in [0.25, 0.3) is 7.82 Å². The zero-order valence-electron chi connectivity index (χ0n) is 37.0. The smallest absolute Gasteiger partial charge is 0.306 e. The van der Waals surface area contributed by atoms with Crippen LogP contribution in [-0.4, -0.2) is 70.7 Å². The molecule has 0 aromatic carbocycles. The van der Waals surface area contributed by atoms with E-state index in [0.29, 0.717) is 17.6 Å². The van der Waals surface area contributed by atoms with Crippen LogP contribution in [0, 0.1) is 0 Å². The molecule has 57 heavy (non-hydrogen) atoms. The average Bonchev–Trinajstić information content (AvgIpc) is 3.16. The molecule has 0 amide bonds. The van der Waals surface area contributed by atoms with E-state index in [1.807, 2.05) is 21.1 Å². The van der Waals surface area contributed by atoms with Gasteiger partial charge in [0.1, 0.15) is 19.3 Å². The first kappa shape index (κ1) is 54.7. The molecule has 9 heteroatoms. The Balaban J connectivity index is 4.30. The van der Waals surface area contributed by atoms with Gasteiger partial charge in [0, 0.05) is 13.0 Å². The minimum Gasteiger partial charge on any atom is -0.756 e. The van der Waals surface area contributed by atoms with Gasteiger partial charge in [0.15, 0.2) is 0 Å². The van der Waals surface area contributed by atoms with Crippen molar-refractivity contribution in [3.05, 3.63) is 85.1 Å². The zero-order chi connectivity index (χ0) is 42.0. The van der Waals surface area contributed by atoms with Crippen molar-refractivity contribution in [2.45, 2.75) is 161 Å². The molecule has 0 spiro atoms. The van der Waals surface area contributed by atoms with Crippen LogP contribution in [0.15, 0.2) is 85.1 Å². The van der Waals surface area contributed by atoms with Gasteiger partial charge in [-0.1, -0.05) is 150 Å². The fourth-order valence-electron chi connectivity index (χ4n) is 5.55. The number of ether oxygens (including phenoxy) is 2. The van der Waals surface area contributed by atoms with Crippen LogP contribution in [0.4, 0.5) is 0 Å². The van der Waals surface area contributed by atoms with Crippen LogP contribution < -0.4 is 4.89 Å². The molecule has 0 heterocycles. The van der Waals surface area contributed by atoms with Gasteiger partial charge in [-0.2, -0.15) is 0 Å². The Morgan fingerprint density at radius 2 is 0.965 bits per heavy atom. The van der Waals surface area contributed by atoms with E-state index in [1.54, 1.807) is 0 Å². The average molecular weight is 818 g/mol. The summed E-state index contributed by atoms with van der Waals surface area (Å²) in [6, 6.07) is 0. The molecule has 0 radical (unpaired) electrons. The topological polar surface area (TPSA) is 94.1 Å². The van der Waals surface area contributed by atoms with E-state index in [-0.39, 0.29) is 32.2 Å². The number of allylic oxidation sites excluding steroid dienone is 14. The van der Waals surface area contributed by atoms with Crippen molar-refractivity contribution < 1.29 is 37.3 Å². The Kier molecular flexibility index (Phi) is 38.8. The number of phosphoric acid groups is 1. The number of phosphoric ester groups is 1. The van der Waals surface area contributed by atoms with Crippen LogP contribution in [0.3, 0.4) is 0 Å². The van der Waals surface area contributed by atoms with Gasteiger partial charge in [-0.15, -0.1) is 0 Å². The highest BCUT2D eigenvalue weighted by molar-refractivity contribution is 7.45. The first-order valence-corrected chi connectivity index (χ1v) is 23.8.